The number of hydrogen-bond donors (Lipinski definition) is 0. The standard InChI is InChI=1S/C14H16F3NO3S/c1-10(13(19)18-7-2-8-22(18,20)21)9-11-3-5-12(6-4-11)14(15,16)17/h3-6,10H,2,7-9H2,1H3/t10-/m1/s1. The Labute approximate surface area is 127 Å². The Hall–Kier alpha value is -1.57. The van der Waals surface area contributed by atoms with Crippen LogP contribution in [0.3, 0.4) is 0 Å². The molecule has 1 aliphatic rings. The summed E-state index contributed by atoms with van der Waals surface area (Å²) >= 11 is 0. The molecule has 0 saturated carbocycles. The molecule has 0 unspecified atom stereocenters. The summed E-state index contributed by atoms with van der Waals surface area (Å²) in [6, 6.07) is 4.54. The smallest absolute Gasteiger partial charge is 0.273 e. The number of benzene rings is 1. The Bertz CT molecular complexity index is 653. The molecule has 0 spiro atoms. The number of hydrogen-bond acceptors (Lipinski definition) is 3. The zero-order valence-corrected chi connectivity index (χ0v) is 12.7. The third kappa shape index (κ3) is 3.60. The molecule has 1 atom stereocenters. The van der Waals surface area contributed by atoms with Gasteiger partial charge >= 0.3 is 6.18 Å². The zero-order chi connectivity index (χ0) is 16.5. The molecule has 122 valence electrons. The highest BCUT2D eigenvalue weighted by atomic mass is 32.2. The largest absolute Gasteiger partial charge is 0.416 e. The summed E-state index contributed by atoms with van der Waals surface area (Å²) in [5.41, 5.74) is -0.192. The minimum Gasteiger partial charge on any atom is -0.273 e. The van der Waals surface area contributed by atoms with Gasteiger partial charge in [0, 0.05) is 12.5 Å². The van der Waals surface area contributed by atoms with Crippen LogP contribution in [0.2, 0.25) is 0 Å². The molecule has 0 aliphatic carbocycles. The predicted molar refractivity (Wildman–Crippen MR) is 74.4 cm³/mol. The Balaban J connectivity index is 2.06. The maximum atomic E-state index is 12.5. The van der Waals surface area contributed by atoms with E-state index in [0.29, 0.717) is 12.0 Å². The normalized spacial score (nSPS) is 19.2. The van der Waals surface area contributed by atoms with Crippen molar-refractivity contribution in [2.24, 2.45) is 5.92 Å². The summed E-state index contributed by atoms with van der Waals surface area (Å²) in [4.78, 5) is 12.2. The van der Waals surface area contributed by atoms with Crippen LogP contribution in [0.4, 0.5) is 13.2 Å². The first kappa shape index (κ1) is 16.8. The number of alkyl halides is 3. The molecule has 22 heavy (non-hydrogen) atoms. The molecule has 0 radical (unpaired) electrons. The van der Waals surface area contributed by atoms with Crippen molar-refractivity contribution < 1.29 is 26.4 Å². The topological polar surface area (TPSA) is 54.5 Å². The summed E-state index contributed by atoms with van der Waals surface area (Å²) in [7, 11) is -3.51. The Morgan fingerprint density at radius 3 is 2.32 bits per heavy atom. The van der Waals surface area contributed by atoms with Crippen molar-refractivity contribution in [3.05, 3.63) is 35.4 Å². The molecule has 0 N–H and O–H groups in total. The second-order valence-electron chi connectivity index (χ2n) is 5.38. The Morgan fingerprint density at radius 1 is 1.27 bits per heavy atom. The van der Waals surface area contributed by atoms with E-state index in [1.165, 1.54) is 12.1 Å². The lowest BCUT2D eigenvalue weighted by molar-refractivity contribution is -0.137. The number of carbonyl (C=O) groups is 1. The highest BCUT2D eigenvalue weighted by Gasteiger charge is 2.35. The van der Waals surface area contributed by atoms with Gasteiger partial charge in [0.1, 0.15) is 0 Å². The van der Waals surface area contributed by atoms with E-state index in [1.54, 1.807) is 6.92 Å². The zero-order valence-electron chi connectivity index (χ0n) is 11.9. The second kappa shape index (κ2) is 5.91. The van der Waals surface area contributed by atoms with Gasteiger partial charge in [-0.15, -0.1) is 0 Å². The van der Waals surface area contributed by atoms with Gasteiger partial charge in [-0.2, -0.15) is 13.2 Å². The highest BCUT2D eigenvalue weighted by Crippen LogP contribution is 2.29. The van der Waals surface area contributed by atoms with Gasteiger partial charge in [-0.05, 0) is 30.5 Å². The molecule has 1 amide bonds. The molecule has 1 fully saturated rings. The van der Waals surface area contributed by atoms with Crippen molar-refractivity contribution in [1.82, 2.24) is 4.31 Å². The first-order valence-corrected chi connectivity index (χ1v) is 8.42. The minimum atomic E-state index is -4.40. The van der Waals surface area contributed by atoms with Crippen LogP contribution in [0.5, 0.6) is 0 Å². The molecule has 1 aromatic carbocycles. The summed E-state index contributed by atoms with van der Waals surface area (Å²) in [5, 5.41) is 0. The van der Waals surface area contributed by atoms with Gasteiger partial charge in [0.2, 0.25) is 15.9 Å². The summed E-state index contributed by atoms with van der Waals surface area (Å²) in [5.74, 6) is -1.15. The van der Waals surface area contributed by atoms with Crippen molar-refractivity contribution in [2.75, 3.05) is 12.3 Å². The van der Waals surface area contributed by atoms with Crippen LogP contribution >= 0.6 is 0 Å². The fourth-order valence-corrected chi connectivity index (χ4v) is 3.98. The SMILES string of the molecule is C[C@H](Cc1ccc(C(F)(F)F)cc1)C(=O)N1CCCS1(=O)=O. The van der Waals surface area contributed by atoms with E-state index in [4.69, 9.17) is 0 Å². The van der Waals surface area contributed by atoms with Gasteiger partial charge in [-0.25, -0.2) is 12.7 Å². The van der Waals surface area contributed by atoms with Crippen LogP contribution in [-0.4, -0.2) is 30.9 Å². The molecular formula is C14H16F3NO3S. The number of sulfonamides is 1. The molecule has 1 heterocycles. The lowest BCUT2D eigenvalue weighted by Gasteiger charge is -2.19. The van der Waals surface area contributed by atoms with Crippen LogP contribution in [0.1, 0.15) is 24.5 Å². The van der Waals surface area contributed by atoms with Gasteiger partial charge in [0.25, 0.3) is 0 Å². The van der Waals surface area contributed by atoms with Crippen LogP contribution in [0.15, 0.2) is 24.3 Å². The van der Waals surface area contributed by atoms with E-state index in [2.05, 4.69) is 0 Å². The third-order valence-electron chi connectivity index (χ3n) is 3.59. The monoisotopic (exact) mass is 335 g/mol. The molecule has 8 heteroatoms. The molecule has 0 aromatic heterocycles. The minimum absolute atomic E-state index is 0.0360. The predicted octanol–water partition coefficient (Wildman–Crippen LogP) is 2.45. The fraction of sp³-hybridized carbons (Fsp3) is 0.500. The van der Waals surface area contributed by atoms with Gasteiger partial charge in [0.05, 0.1) is 11.3 Å². The first-order valence-electron chi connectivity index (χ1n) is 6.81. The molecule has 4 nitrogen and oxygen atoms in total. The maximum Gasteiger partial charge on any atom is 0.416 e. The second-order valence-corrected chi connectivity index (χ2v) is 7.39. The van der Waals surface area contributed by atoms with Gasteiger partial charge in [0.15, 0.2) is 0 Å². The molecule has 2 rings (SSSR count). The van der Waals surface area contributed by atoms with Crippen molar-refractivity contribution in [2.45, 2.75) is 25.9 Å². The Morgan fingerprint density at radius 2 is 1.86 bits per heavy atom. The number of halogens is 3. The Kier molecular flexibility index (Phi) is 4.51. The lowest BCUT2D eigenvalue weighted by Crippen LogP contribution is -2.37. The average molecular weight is 335 g/mol. The summed E-state index contributed by atoms with van der Waals surface area (Å²) in [6.45, 7) is 1.76. The number of amides is 1. The first-order chi connectivity index (χ1) is 10.1. The van der Waals surface area contributed by atoms with Gasteiger partial charge < -0.3 is 0 Å². The molecule has 1 saturated heterocycles. The summed E-state index contributed by atoms with van der Waals surface area (Å²) < 4.78 is 61.7. The van der Waals surface area contributed by atoms with Crippen LogP contribution < -0.4 is 0 Å². The van der Waals surface area contributed by atoms with Crippen LogP contribution in [0, 0.1) is 5.92 Å². The van der Waals surface area contributed by atoms with Crippen molar-refractivity contribution in [1.29, 1.82) is 0 Å². The molecule has 1 aromatic rings. The molecule has 0 bridgehead atoms. The quantitative estimate of drug-likeness (QED) is 0.852. The molecular weight excluding hydrogens is 319 g/mol. The van der Waals surface area contributed by atoms with E-state index in [0.717, 1.165) is 16.4 Å². The van der Waals surface area contributed by atoms with Crippen molar-refractivity contribution in [3.8, 4) is 0 Å². The molecule has 1 aliphatic heterocycles. The third-order valence-corrected chi connectivity index (χ3v) is 5.43. The maximum absolute atomic E-state index is 12.5. The number of nitrogens with zero attached hydrogens (tertiary/aromatic N) is 1. The van der Waals surface area contributed by atoms with Gasteiger partial charge in [-0.1, -0.05) is 19.1 Å². The van der Waals surface area contributed by atoms with Crippen molar-refractivity contribution >= 4 is 15.9 Å². The van der Waals surface area contributed by atoms with Crippen molar-refractivity contribution in [3.63, 3.8) is 0 Å². The average Bonchev–Trinajstić information content (AvgIpc) is 2.77. The van der Waals surface area contributed by atoms with E-state index >= 15 is 0 Å². The highest BCUT2D eigenvalue weighted by molar-refractivity contribution is 7.89. The lowest BCUT2D eigenvalue weighted by atomic mass is 9.99. The van der Waals surface area contributed by atoms with E-state index < -0.39 is 33.6 Å². The van der Waals surface area contributed by atoms with Gasteiger partial charge in [-0.3, -0.25) is 4.79 Å². The number of carbonyl (C=O) groups excluding carboxylic acids is 1. The fourth-order valence-electron chi connectivity index (χ4n) is 2.40. The van der Waals surface area contributed by atoms with E-state index in [1.807, 2.05) is 0 Å². The van der Waals surface area contributed by atoms with Crippen LogP contribution in [-0.2, 0) is 27.4 Å². The summed E-state index contributed by atoms with van der Waals surface area (Å²) in [6.07, 6.45) is -3.78. The van der Waals surface area contributed by atoms with Crippen LogP contribution in [0.25, 0.3) is 0 Å². The number of rotatable bonds is 3. The van der Waals surface area contributed by atoms with E-state index in [-0.39, 0.29) is 18.7 Å². The van der Waals surface area contributed by atoms with E-state index in [9.17, 15) is 26.4 Å².